The van der Waals surface area contributed by atoms with Gasteiger partial charge in [-0.3, -0.25) is 9.69 Å². The van der Waals surface area contributed by atoms with Crippen LogP contribution in [-0.4, -0.2) is 47.4 Å². The van der Waals surface area contributed by atoms with Gasteiger partial charge in [-0.25, -0.2) is 0 Å². The van der Waals surface area contributed by atoms with Crippen LogP contribution >= 0.6 is 11.3 Å². The van der Waals surface area contributed by atoms with Gasteiger partial charge in [0.05, 0.1) is 0 Å². The summed E-state index contributed by atoms with van der Waals surface area (Å²) in [5.74, 6) is 0.339. The number of hydrogen-bond donors (Lipinski definition) is 0. The lowest BCUT2D eigenvalue weighted by molar-refractivity contribution is -0.136. The van der Waals surface area contributed by atoms with E-state index in [1.165, 1.54) is 17.7 Å². The fourth-order valence-corrected chi connectivity index (χ4v) is 4.08. The smallest absolute Gasteiger partial charge is 0.222 e. The first-order valence-electron chi connectivity index (χ1n) is 7.51. The molecular formula is C16H22N2OS. The summed E-state index contributed by atoms with van der Waals surface area (Å²) < 4.78 is 0. The fourth-order valence-electron chi connectivity index (χ4n) is 3.43. The maximum atomic E-state index is 12.0. The molecule has 0 aliphatic carbocycles. The summed E-state index contributed by atoms with van der Waals surface area (Å²) in [6.45, 7) is 5.05. The summed E-state index contributed by atoms with van der Waals surface area (Å²) >= 11 is 1.77. The van der Waals surface area contributed by atoms with Crippen molar-refractivity contribution < 1.29 is 4.79 Å². The number of hydrogen-bond acceptors (Lipinski definition) is 3. The zero-order valence-electron chi connectivity index (χ0n) is 12.0. The minimum atomic E-state index is 0.339. The Labute approximate surface area is 124 Å². The van der Waals surface area contributed by atoms with Crippen LogP contribution in [-0.2, 0) is 4.79 Å². The van der Waals surface area contributed by atoms with Crippen molar-refractivity contribution in [2.75, 3.05) is 19.6 Å². The summed E-state index contributed by atoms with van der Waals surface area (Å²) in [7, 11) is 0. The number of carbonyl (C=O) groups excluding carboxylic acids is 1. The van der Waals surface area contributed by atoms with E-state index in [4.69, 9.17) is 0 Å². The zero-order chi connectivity index (χ0) is 13.9. The highest BCUT2D eigenvalue weighted by atomic mass is 32.1. The second-order valence-corrected chi connectivity index (χ2v) is 6.66. The molecule has 0 spiro atoms. The number of amides is 1. The van der Waals surface area contributed by atoms with Crippen LogP contribution in [0.25, 0.3) is 6.08 Å². The van der Waals surface area contributed by atoms with E-state index >= 15 is 0 Å². The summed E-state index contributed by atoms with van der Waals surface area (Å²) in [4.78, 5) is 18.0. The molecule has 3 nitrogen and oxygen atoms in total. The molecule has 0 N–H and O–H groups in total. The molecule has 2 fully saturated rings. The number of carbonyl (C=O) groups is 1. The second-order valence-electron chi connectivity index (χ2n) is 5.68. The van der Waals surface area contributed by atoms with Crippen LogP contribution in [0.4, 0.5) is 0 Å². The van der Waals surface area contributed by atoms with Gasteiger partial charge in [0.15, 0.2) is 0 Å². The molecule has 0 radical (unpaired) electrons. The standard InChI is InChI=1S/C16H22N2OS/c1-2-16(19)18-13-7-8-14(18)12-17(11-13)9-3-5-15-6-4-10-20-15/h3-6,10,13-14H,2,7-9,11-12H2,1H3. The molecule has 1 aromatic rings. The molecule has 3 heterocycles. The van der Waals surface area contributed by atoms with Gasteiger partial charge < -0.3 is 4.90 Å². The Morgan fingerprint density at radius 1 is 1.40 bits per heavy atom. The van der Waals surface area contributed by atoms with Gasteiger partial charge in [0.2, 0.25) is 5.91 Å². The van der Waals surface area contributed by atoms with Gasteiger partial charge in [0.25, 0.3) is 0 Å². The molecule has 0 aromatic carbocycles. The van der Waals surface area contributed by atoms with E-state index in [0.29, 0.717) is 24.4 Å². The lowest BCUT2D eigenvalue weighted by atomic mass is 10.1. The minimum absolute atomic E-state index is 0.339. The predicted octanol–water partition coefficient (Wildman–Crippen LogP) is 2.85. The van der Waals surface area contributed by atoms with Gasteiger partial charge in [-0.05, 0) is 30.4 Å². The summed E-state index contributed by atoms with van der Waals surface area (Å²) in [6, 6.07) is 5.13. The molecule has 1 aromatic heterocycles. The number of fused-ring (bicyclic) bond motifs is 2. The Bertz CT molecular complexity index is 469. The maximum absolute atomic E-state index is 12.0. The van der Waals surface area contributed by atoms with Crippen LogP contribution in [0.2, 0.25) is 0 Å². The molecule has 3 rings (SSSR count). The van der Waals surface area contributed by atoms with Gasteiger partial charge in [0.1, 0.15) is 0 Å². The van der Waals surface area contributed by atoms with Crippen LogP contribution in [0.3, 0.4) is 0 Å². The van der Waals surface area contributed by atoms with Crippen molar-refractivity contribution in [2.45, 2.75) is 38.3 Å². The van der Waals surface area contributed by atoms with Crippen LogP contribution < -0.4 is 0 Å². The number of likely N-dealkylation sites (tertiary alicyclic amines) is 1. The van der Waals surface area contributed by atoms with Gasteiger partial charge in [-0.1, -0.05) is 19.1 Å². The van der Waals surface area contributed by atoms with E-state index in [9.17, 15) is 4.79 Å². The lowest BCUT2D eigenvalue weighted by Crippen LogP contribution is -2.55. The molecular weight excluding hydrogens is 268 g/mol. The molecule has 108 valence electrons. The Morgan fingerprint density at radius 2 is 2.15 bits per heavy atom. The van der Waals surface area contributed by atoms with Crippen molar-refractivity contribution in [3.05, 3.63) is 28.5 Å². The van der Waals surface area contributed by atoms with Gasteiger partial charge in [0, 0.05) is 43.0 Å². The molecule has 1 amide bonds. The lowest BCUT2D eigenvalue weighted by Gasteiger charge is -2.40. The third-order valence-electron chi connectivity index (χ3n) is 4.34. The van der Waals surface area contributed by atoms with Crippen LogP contribution in [0, 0.1) is 0 Å². The van der Waals surface area contributed by atoms with Crippen LogP contribution in [0.1, 0.15) is 31.1 Å². The number of rotatable bonds is 4. The normalized spacial score (nSPS) is 26.6. The van der Waals surface area contributed by atoms with Crippen molar-refractivity contribution in [3.8, 4) is 0 Å². The van der Waals surface area contributed by atoms with Crippen molar-refractivity contribution >= 4 is 23.3 Å². The minimum Gasteiger partial charge on any atom is -0.334 e. The third-order valence-corrected chi connectivity index (χ3v) is 5.17. The van der Waals surface area contributed by atoms with Gasteiger partial charge in [-0.2, -0.15) is 0 Å². The molecule has 2 unspecified atom stereocenters. The first-order chi connectivity index (χ1) is 9.78. The van der Waals surface area contributed by atoms with E-state index in [0.717, 1.165) is 19.6 Å². The van der Waals surface area contributed by atoms with Crippen molar-refractivity contribution in [3.63, 3.8) is 0 Å². The van der Waals surface area contributed by atoms with Gasteiger partial charge in [-0.15, -0.1) is 11.3 Å². The molecule has 2 saturated heterocycles. The summed E-state index contributed by atoms with van der Waals surface area (Å²) in [6.07, 6.45) is 7.47. The largest absolute Gasteiger partial charge is 0.334 e. The zero-order valence-corrected chi connectivity index (χ0v) is 12.8. The monoisotopic (exact) mass is 290 g/mol. The predicted molar refractivity (Wildman–Crippen MR) is 83.7 cm³/mol. The number of thiophene rings is 1. The molecule has 2 aliphatic rings. The Balaban J connectivity index is 1.56. The molecule has 2 aliphatic heterocycles. The SMILES string of the molecule is CCC(=O)N1C2CCC1CN(CC=Cc1cccs1)C2. The van der Waals surface area contributed by atoms with E-state index in [-0.39, 0.29) is 0 Å². The van der Waals surface area contributed by atoms with Crippen LogP contribution in [0.5, 0.6) is 0 Å². The van der Waals surface area contributed by atoms with E-state index < -0.39 is 0 Å². The highest BCUT2D eigenvalue weighted by molar-refractivity contribution is 7.10. The molecule has 2 atom stereocenters. The highest BCUT2D eigenvalue weighted by Gasteiger charge is 2.41. The van der Waals surface area contributed by atoms with Crippen molar-refractivity contribution in [1.29, 1.82) is 0 Å². The number of piperazine rings is 1. The average Bonchev–Trinajstić information content (AvgIpc) is 3.05. The Morgan fingerprint density at radius 3 is 2.75 bits per heavy atom. The topological polar surface area (TPSA) is 23.6 Å². The van der Waals surface area contributed by atoms with Crippen molar-refractivity contribution in [2.24, 2.45) is 0 Å². The summed E-state index contributed by atoms with van der Waals surface area (Å²) in [5.41, 5.74) is 0. The first-order valence-corrected chi connectivity index (χ1v) is 8.39. The van der Waals surface area contributed by atoms with E-state index in [2.05, 4.69) is 39.5 Å². The third kappa shape index (κ3) is 2.81. The molecule has 4 heteroatoms. The molecule has 2 bridgehead atoms. The van der Waals surface area contributed by atoms with Gasteiger partial charge >= 0.3 is 0 Å². The first kappa shape index (κ1) is 13.8. The van der Waals surface area contributed by atoms with E-state index in [1.807, 2.05) is 6.92 Å². The Hall–Kier alpha value is -1.13. The molecule has 0 saturated carbocycles. The average molecular weight is 290 g/mol. The summed E-state index contributed by atoms with van der Waals surface area (Å²) in [5, 5.41) is 2.11. The number of nitrogens with zero attached hydrogens (tertiary/aromatic N) is 2. The fraction of sp³-hybridized carbons (Fsp3) is 0.562. The highest BCUT2D eigenvalue weighted by Crippen LogP contribution is 2.30. The second kappa shape index (κ2) is 6.10. The van der Waals surface area contributed by atoms with E-state index in [1.54, 1.807) is 11.3 Å². The maximum Gasteiger partial charge on any atom is 0.222 e. The van der Waals surface area contributed by atoms with Crippen LogP contribution in [0.15, 0.2) is 23.6 Å². The Kier molecular flexibility index (Phi) is 4.22. The molecule has 20 heavy (non-hydrogen) atoms. The van der Waals surface area contributed by atoms with Crippen molar-refractivity contribution in [1.82, 2.24) is 9.80 Å². The quantitative estimate of drug-likeness (QED) is 0.851.